The summed E-state index contributed by atoms with van der Waals surface area (Å²) in [6.07, 6.45) is 2.23. The van der Waals surface area contributed by atoms with Crippen molar-refractivity contribution in [1.29, 1.82) is 0 Å². The number of hydrogen-bond acceptors (Lipinski definition) is 0. The van der Waals surface area contributed by atoms with Gasteiger partial charge >= 0.3 is 0 Å². The molecule has 0 aliphatic heterocycles. The second kappa shape index (κ2) is 6.57. The molecule has 0 N–H and O–H groups in total. The van der Waals surface area contributed by atoms with Crippen molar-refractivity contribution in [2.24, 2.45) is 0 Å². The Labute approximate surface area is 84.7 Å². The Morgan fingerprint density at radius 2 is 1.50 bits per heavy atom. The van der Waals surface area contributed by atoms with E-state index < -0.39 is 8.07 Å². The Kier molecular flexibility index (Phi) is 11.2. The quantitative estimate of drug-likeness (QED) is 0.548. The third-order valence-corrected chi connectivity index (χ3v) is 4.27. The molecule has 0 aliphatic carbocycles. The predicted octanol–water partition coefficient (Wildman–Crippen LogP) is -0.168. The zero-order chi connectivity index (χ0) is 6.78. The van der Waals surface area contributed by atoms with E-state index >= 15 is 0 Å². The third-order valence-electron chi connectivity index (χ3n) is 1.62. The zero-order valence-corrected chi connectivity index (χ0v) is 12.4. The van der Waals surface area contributed by atoms with Crippen LogP contribution in [0, 0.1) is 0 Å². The minimum Gasteiger partial charge on any atom is -1.00 e. The van der Waals surface area contributed by atoms with E-state index in [0.29, 0.717) is 0 Å². The first kappa shape index (κ1) is 17.1. The van der Waals surface area contributed by atoms with Crippen LogP contribution in [0.15, 0.2) is 11.3 Å². The summed E-state index contributed by atoms with van der Waals surface area (Å²) >= 11 is 0. The fourth-order valence-electron chi connectivity index (χ4n) is 0.433. The van der Waals surface area contributed by atoms with Crippen molar-refractivity contribution in [3.8, 4) is 0 Å². The summed E-state index contributed by atoms with van der Waals surface area (Å²) in [5.74, 6) is 0. The molecule has 0 atom stereocenters. The summed E-state index contributed by atoms with van der Waals surface area (Å²) in [6, 6.07) is 0. The molecule has 0 saturated carbocycles. The van der Waals surface area contributed by atoms with Crippen molar-refractivity contribution in [1.82, 2.24) is 0 Å². The van der Waals surface area contributed by atoms with Crippen molar-refractivity contribution < 1.29 is 31.9 Å². The first-order valence-electron chi connectivity index (χ1n) is 3.12. The summed E-state index contributed by atoms with van der Waals surface area (Å²) in [7, 11) is -0.899. The third kappa shape index (κ3) is 6.98. The van der Waals surface area contributed by atoms with Gasteiger partial charge in [-0.3, -0.25) is 0 Å². The molecule has 58 valence electrons. The molecule has 10 heavy (non-hydrogen) atoms. The summed E-state index contributed by atoms with van der Waals surface area (Å²) in [5, 5.41) is 1.59. The molecular formula is C7H16ClSiZn-. The van der Waals surface area contributed by atoms with Gasteiger partial charge in [0.05, 0.1) is 8.07 Å². The van der Waals surface area contributed by atoms with Gasteiger partial charge in [0.2, 0.25) is 0 Å². The van der Waals surface area contributed by atoms with Crippen LogP contribution < -0.4 is 12.4 Å². The molecule has 3 heteroatoms. The number of hydrogen-bond donors (Lipinski definition) is 0. The number of halogens is 1. The van der Waals surface area contributed by atoms with E-state index in [4.69, 9.17) is 0 Å². The van der Waals surface area contributed by atoms with Gasteiger partial charge in [0.1, 0.15) is 0 Å². The second-order valence-electron chi connectivity index (χ2n) is 3.22. The Bertz CT molecular complexity index is 105. The summed E-state index contributed by atoms with van der Waals surface area (Å²) in [4.78, 5) is 0. The van der Waals surface area contributed by atoms with Gasteiger partial charge in [-0.15, -0.1) is 0 Å². The second-order valence-corrected chi connectivity index (χ2v) is 8.51. The Morgan fingerprint density at radius 3 is 1.50 bits per heavy atom. The molecule has 0 aromatic heterocycles. The molecule has 0 rings (SSSR count). The molecular weight excluding hydrogens is 213 g/mol. The van der Waals surface area contributed by atoms with Crippen LogP contribution in [-0.4, -0.2) is 8.07 Å². The van der Waals surface area contributed by atoms with E-state index in [2.05, 4.69) is 39.6 Å². The van der Waals surface area contributed by atoms with Gasteiger partial charge in [-0.05, 0) is 13.8 Å². The van der Waals surface area contributed by atoms with Crippen LogP contribution in [0.25, 0.3) is 0 Å². The minimum atomic E-state index is -0.899. The van der Waals surface area contributed by atoms with Crippen molar-refractivity contribution in [2.75, 3.05) is 0 Å². The van der Waals surface area contributed by atoms with Gasteiger partial charge in [-0.2, -0.15) is 0 Å². The van der Waals surface area contributed by atoms with Gasteiger partial charge in [0.25, 0.3) is 0 Å². The first-order valence-corrected chi connectivity index (χ1v) is 6.62. The smallest absolute Gasteiger partial charge is 0.0716 e. The van der Waals surface area contributed by atoms with Crippen molar-refractivity contribution in [3.63, 3.8) is 0 Å². The van der Waals surface area contributed by atoms with Gasteiger partial charge in [-0.1, -0.05) is 30.9 Å². The topological polar surface area (TPSA) is 0 Å². The molecule has 0 spiro atoms. The molecule has 0 bridgehead atoms. The molecule has 0 aliphatic rings. The summed E-state index contributed by atoms with van der Waals surface area (Å²) < 4.78 is 0. The summed E-state index contributed by atoms with van der Waals surface area (Å²) in [5.41, 5.74) is 0. The van der Waals surface area contributed by atoms with Crippen molar-refractivity contribution in [2.45, 2.75) is 33.5 Å². The van der Waals surface area contributed by atoms with Crippen LogP contribution in [0.4, 0.5) is 0 Å². The molecule has 0 saturated heterocycles. The van der Waals surface area contributed by atoms with Crippen LogP contribution in [0.1, 0.15) is 13.8 Å². The molecule has 0 heterocycles. The van der Waals surface area contributed by atoms with Crippen LogP contribution in [-0.2, 0) is 19.5 Å². The zero-order valence-electron chi connectivity index (χ0n) is 7.66. The van der Waals surface area contributed by atoms with Crippen LogP contribution in [0.3, 0.4) is 0 Å². The standard InChI is InChI=1S/C7H16Si.ClH.Zn/c1-6-7(2)8(3,4)5;;/h6H,1-5H3;1H;/p-1/b7-6+;;. The van der Waals surface area contributed by atoms with Gasteiger partial charge in [-0.25, -0.2) is 0 Å². The number of allylic oxidation sites excluding steroid dienone is 2. The normalized spacial score (nSPS) is 11.5. The van der Waals surface area contributed by atoms with Gasteiger partial charge in [0.15, 0.2) is 0 Å². The maximum Gasteiger partial charge on any atom is 0.0716 e. The van der Waals surface area contributed by atoms with E-state index in [9.17, 15) is 0 Å². The Morgan fingerprint density at radius 1 is 1.20 bits per heavy atom. The van der Waals surface area contributed by atoms with E-state index in [-0.39, 0.29) is 31.9 Å². The fourth-order valence-corrected chi connectivity index (χ4v) is 1.30. The van der Waals surface area contributed by atoms with Crippen molar-refractivity contribution in [3.05, 3.63) is 11.3 Å². The average molecular weight is 229 g/mol. The van der Waals surface area contributed by atoms with Crippen LogP contribution in [0.2, 0.25) is 19.6 Å². The summed E-state index contributed by atoms with van der Waals surface area (Å²) in [6.45, 7) is 11.4. The maximum absolute atomic E-state index is 2.36. The molecule has 0 aromatic carbocycles. The Balaban J connectivity index is -0.000000245. The van der Waals surface area contributed by atoms with E-state index in [1.54, 1.807) is 5.20 Å². The van der Waals surface area contributed by atoms with E-state index in [1.807, 2.05) is 0 Å². The number of rotatable bonds is 1. The van der Waals surface area contributed by atoms with E-state index in [0.717, 1.165) is 0 Å². The molecule has 0 aromatic rings. The molecule has 0 unspecified atom stereocenters. The molecule has 0 radical (unpaired) electrons. The average Bonchev–Trinajstić information content (AvgIpc) is 1.62. The molecule has 0 nitrogen and oxygen atoms in total. The van der Waals surface area contributed by atoms with Crippen LogP contribution >= 0.6 is 0 Å². The van der Waals surface area contributed by atoms with Gasteiger partial charge in [0, 0.05) is 19.5 Å². The first-order chi connectivity index (χ1) is 3.48. The largest absolute Gasteiger partial charge is 1.00 e. The minimum absolute atomic E-state index is 0. The Hall–Kier alpha value is 0.870. The molecule has 0 fully saturated rings. The fraction of sp³-hybridized carbons (Fsp3) is 0.714. The van der Waals surface area contributed by atoms with E-state index in [1.165, 1.54) is 0 Å². The monoisotopic (exact) mass is 227 g/mol. The SMILES string of the molecule is C/C=C(\C)[Si](C)(C)C.[Cl-].[Zn]. The van der Waals surface area contributed by atoms with Crippen LogP contribution in [0.5, 0.6) is 0 Å². The van der Waals surface area contributed by atoms with Crippen molar-refractivity contribution >= 4 is 8.07 Å². The maximum atomic E-state index is 2.36. The predicted molar refractivity (Wildman–Crippen MR) is 42.8 cm³/mol. The molecule has 0 amide bonds. The van der Waals surface area contributed by atoms with Gasteiger partial charge < -0.3 is 12.4 Å².